The summed E-state index contributed by atoms with van der Waals surface area (Å²) in [4.78, 5) is 27.5. The summed E-state index contributed by atoms with van der Waals surface area (Å²) in [7, 11) is 1.56. The highest BCUT2D eigenvalue weighted by Gasteiger charge is 2.44. The molecular weight excluding hydrogens is 394 g/mol. The molecule has 3 rings (SSSR count). The zero-order chi connectivity index (χ0) is 22.7. The minimum Gasteiger partial charge on any atom is -0.503 e. The van der Waals surface area contributed by atoms with E-state index in [0.29, 0.717) is 11.3 Å². The maximum absolute atomic E-state index is 13.0. The highest BCUT2D eigenvalue weighted by Crippen LogP contribution is 2.40. The van der Waals surface area contributed by atoms with E-state index in [4.69, 9.17) is 9.47 Å². The zero-order valence-electron chi connectivity index (χ0n) is 18.6. The molecule has 0 bridgehead atoms. The van der Waals surface area contributed by atoms with Gasteiger partial charge in [-0.1, -0.05) is 38.1 Å². The van der Waals surface area contributed by atoms with Gasteiger partial charge in [0.2, 0.25) is 0 Å². The molecule has 1 heterocycles. The number of aliphatic hydroxyl groups excluding tert-OH is 1. The summed E-state index contributed by atoms with van der Waals surface area (Å²) in [6.07, 6.45) is 0.0641. The Bertz CT molecular complexity index is 991. The molecule has 1 N–H and O–H groups in total. The number of rotatable bonds is 8. The molecule has 1 unspecified atom stereocenters. The van der Waals surface area contributed by atoms with Crippen LogP contribution in [0.15, 0.2) is 59.9 Å². The van der Waals surface area contributed by atoms with Crippen LogP contribution in [0.2, 0.25) is 0 Å². The Morgan fingerprint density at radius 3 is 2.32 bits per heavy atom. The molecule has 0 fully saturated rings. The SMILES string of the molecule is COc1cccc(C2C(C(=O)C(C)C)=C(O)C(=O)N2Cc2ccc(OC(C)C)cc2)c1. The second kappa shape index (κ2) is 9.25. The molecule has 1 aliphatic rings. The van der Waals surface area contributed by atoms with Gasteiger partial charge < -0.3 is 19.5 Å². The standard InChI is InChI=1S/C25H29NO5/c1-15(2)23(27)21-22(18-7-6-8-20(13-18)30-5)26(25(29)24(21)28)14-17-9-11-19(12-10-17)31-16(3)4/h6-13,15-16,22,28H,14H2,1-5H3. The lowest BCUT2D eigenvalue weighted by Crippen LogP contribution is -2.31. The number of ether oxygens (including phenoxy) is 2. The molecular formula is C25H29NO5. The first-order valence-corrected chi connectivity index (χ1v) is 10.4. The molecule has 6 heteroatoms. The highest BCUT2D eigenvalue weighted by atomic mass is 16.5. The van der Waals surface area contributed by atoms with Gasteiger partial charge in [-0.05, 0) is 49.2 Å². The van der Waals surface area contributed by atoms with Crippen molar-refractivity contribution in [2.75, 3.05) is 7.11 Å². The van der Waals surface area contributed by atoms with Crippen LogP contribution in [-0.4, -0.2) is 34.9 Å². The number of methoxy groups -OCH3 is 1. The third-order valence-corrected chi connectivity index (χ3v) is 5.15. The molecule has 164 valence electrons. The summed E-state index contributed by atoms with van der Waals surface area (Å²) in [5.41, 5.74) is 1.71. The average Bonchev–Trinajstić information content (AvgIpc) is 2.99. The average molecular weight is 424 g/mol. The predicted molar refractivity (Wildman–Crippen MR) is 118 cm³/mol. The molecule has 0 saturated heterocycles. The first-order valence-electron chi connectivity index (χ1n) is 10.4. The van der Waals surface area contributed by atoms with Crippen LogP contribution in [0.3, 0.4) is 0 Å². The molecule has 1 aliphatic heterocycles. The molecule has 1 atom stereocenters. The van der Waals surface area contributed by atoms with E-state index < -0.39 is 17.7 Å². The normalized spacial score (nSPS) is 16.4. The van der Waals surface area contributed by atoms with Crippen LogP contribution in [-0.2, 0) is 16.1 Å². The summed E-state index contributed by atoms with van der Waals surface area (Å²) in [6.45, 7) is 7.66. The first-order chi connectivity index (χ1) is 14.7. The Morgan fingerprint density at radius 2 is 1.74 bits per heavy atom. The van der Waals surface area contributed by atoms with Gasteiger partial charge in [0.05, 0.1) is 24.8 Å². The topological polar surface area (TPSA) is 76.1 Å². The van der Waals surface area contributed by atoms with Crippen LogP contribution in [0, 0.1) is 5.92 Å². The first kappa shape index (κ1) is 22.4. The fourth-order valence-electron chi connectivity index (χ4n) is 3.68. The second-order valence-corrected chi connectivity index (χ2v) is 8.20. The van der Waals surface area contributed by atoms with Crippen LogP contribution in [0.25, 0.3) is 0 Å². The maximum atomic E-state index is 13.0. The molecule has 0 aromatic heterocycles. The number of benzene rings is 2. The summed E-state index contributed by atoms with van der Waals surface area (Å²) in [5, 5.41) is 10.6. The van der Waals surface area contributed by atoms with Crippen LogP contribution in [0.1, 0.15) is 44.9 Å². The van der Waals surface area contributed by atoms with Gasteiger partial charge >= 0.3 is 0 Å². The lowest BCUT2D eigenvalue weighted by Gasteiger charge is -2.27. The molecule has 31 heavy (non-hydrogen) atoms. The quantitative estimate of drug-likeness (QED) is 0.671. The Morgan fingerprint density at radius 1 is 1.06 bits per heavy atom. The van der Waals surface area contributed by atoms with Crippen molar-refractivity contribution >= 4 is 11.7 Å². The third-order valence-electron chi connectivity index (χ3n) is 5.15. The summed E-state index contributed by atoms with van der Waals surface area (Å²) in [5.74, 6) is -0.284. The Balaban J connectivity index is 1.99. The van der Waals surface area contributed by atoms with Gasteiger partial charge in [0, 0.05) is 12.5 Å². The molecule has 2 aromatic carbocycles. The van der Waals surface area contributed by atoms with E-state index in [1.807, 2.05) is 50.2 Å². The molecule has 0 spiro atoms. The van der Waals surface area contributed by atoms with Crippen molar-refractivity contribution in [1.29, 1.82) is 0 Å². The summed E-state index contributed by atoms with van der Waals surface area (Å²) < 4.78 is 11.0. The van der Waals surface area contributed by atoms with E-state index >= 15 is 0 Å². The van der Waals surface area contributed by atoms with Gasteiger partial charge in [-0.15, -0.1) is 0 Å². The lowest BCUT2D eigenvalue weighted by atomic mass is 9.91. The van der Waals surface area contributed by atoms with Gasteiger partial charge in [0.25, 0.3) is 5.91 Å². The molecule has 2 aromatic rings. The van der Waals surface area contributed by atoms with Gasteiger partial charge in [-0.25, -0.2) is 0 Å². The van der Waals surface area contributed by atoms with Crippen molar-refractivity contribution in [3.8, 4) is 11.5 Å². The van der Waals surface area contributed by atoms with E-state index in [-0.39, 0.29) is 29.9 Å². The fraction of sp³-hybridized carbons (Fsp3) is 0.360. The molecule has 0 saturated carbocycles. The molecule has 1 amide bonds. The van der Waals surface area contributed by atoms with E-state index in [1.54, 1.807) is 33.1 Å². The van der Waals surface area contributed by atoms with Crippen molar-refractivity contribution in [3.05, 3.63) is 71.0 Å². The van der Waals surface area contributed by atoms with E-state index in [9.17, 15) is 14.7 Å². The largest absolute Gasteiger partial charge is 0.503 e. The minimum absolute atomic E-state index is 0.0641. The summed E-state index contributed by atoms with van der Waals surface area (Å²) in [6, 6.07) is 14.0. The van der Waals surface area contributed by atoms with Crippen LogP contribution in [0.5, 0.6) is 11.5 Å². The lowest BCUT2D eigenvalue weighted by molar-refractivity contribution is -0.130. The number of carbonyl (C=O) groups is 2. The Hall–Kier alpha value is -3.28. The fourth-order valence-corrected chi connectivity index (χ4v) is 3.68. The van der Waals surface area contributed by atoms with Crippen LogP contribution < -0.4 is 9.47 Å². The van der Waals surface area contributed by atoms with Gasteiger partial charge in [-0.3, -0.25) is 9.59 Å². The number of ketones is 1. The van der Waals surface area contributed by atoms with Gasteiger partial charge in [0.1, 0.15) is 11.5 Å². The third kappa shape index (κ3) is 4.74. The van der Waals surface area contributed by atoms with Gasteiger partial charge in [-0.2, -0.15) is 0 Å². The van der Waals surface area contributed by atoms with Gasteiger partial charge in [0.15, 0.2) is 11.5 Å². The molecule has 0 aliphatic carbocycles. The minimum atomic E-state index is -0.691. The molecule has 0 radical (unpaired) electrons. The van der Waals surface area contributed by atoms with Crippen LogP contribution in [0.4, 0.5) is 0 Å². The zero-order valence-corrected chi connectivity index (χ0v) is 18.6. The smallest absolute Gasteiger partial charge is 0.290 e. The number of Topliss-reactive ketones (excluding diaryl/α,β-unsaturated/α-hetero) is 1. The number of hydrogen-bond donors (Lipinski definition) is 1. The van der Waals surface area contributed by atoms with E-state index in [2.05, 4.69) is 0 Å². The predicted octanol–water partition coefficient (Wildman–Crippen LogP) is 4.60. The van der Waals surface area contributed by atoms with Crippen molar-refractivity contribution in [1.82, 2.24) is 4.90 Å². The Labute approximate surface area is 183 Å². The van der Waals surface area contributed by atoms with E-state index in [0.717, 1.165) is 11.3 Å². The monoisotopic (exact) mass is 423 g/mol. The summed E-state index contributed by atoms with van der Waals surface area (Å²) >= 11 is 0. The number of nitrogens with zero attached hydrogens (tertiary/aromatic N) is 1. The molecule has 6 nitrogen and oxygen atoms in total. The number of hydrogen-bond acceptors (Lipinski definition) is 5. The van der Waals surface area contributed by atoms with Crippen molar-refractivity contribution in [3.63, 3.8) is 0 Å². The van der Waals surface area contributed by atoms with Crippen LogP contribution >= 0.6 is 0 Å². The number of aliphatic hydroxyl groups is 1. The van der Waals surface area contributed by atoms with Crippen molar-refractivity contribution in [2.24, 2.45) is 5.92 Å². The number of amides is 1. The maximum Gasteiger partial charge on any atom is 0.290 e. The second-order valence-electron chi connectivity index (χ2n) is 8.20. The highest BCUT2D eigenvalue weighted by molar-refractivity contribution is 6.09. The Kier molecular flexibility index (Phi) is 6.68. The number of carbonyl (C=O) groups excluding carboxylic acids is 2. The van der Waals surface area contributed by atoms with Crippen molar-refractivity contribution < 1.29 is 24.2 Å². The van der Waals surface area contributed by atoms with Crippen molar-refractivity contribution in [2.45, 2.75) is 46.4 Å². The van der Waals surface area contributed by atoms with E-state index in [1.165, 1.54) is 4.90 Å².